The lowest BCUT2D eigenvalue weighted by atomic mass is 10.2. The lowest BCUT2D eigenvalue weighted by Crippen LogP contribution is -2.41. The fourth-order valence-corrected chi connectivity index (χ4v) is 1.36. The van der Waals surface area contributed by atoms with Gasteiger partial charge in [0.2, 0.25) is 5.91 Å². The first-order chi connectivity index (χ1) is 7.99. The van der Waals surface area contributed by atoms with E-state index in [1.807, 2.05) is 32.8 Å². The van der Waals surface area contributed by atoms with Gasteiger partial charge in [0.25, 0.3) is 0 Å². The zero-order chi connectivity index (χ0) is 13.3. The Morgan fingerprint density at radius 1 is 1.18 bits per heavy atom. The Labute approximate surface area is 104 Å². The van der Waals surface area contributed by atoms with E-state index in [2.05, 4.69) is 4.90 Å². The lowest BCUT2D eigenvalue weighted by molar-refractivity contribution is -0.135. The third-order valence-electron chi connectivity index (χ3n) is 2.36. The number of carbonyl (C=O) groups excluding carboxylic acids is 1. The van der Waals surface area contributed by atoms with Crippen molar-refractivity contribution < 1.29 is 14.6 Å². The minimum Gasteiger partial charge on any atom is -0.394 e. The van der Waals surface area contributed by atoms with E-state index in [1.165, 1.54) is 0 Å². The first-order valence-electron chi connectivity index (χ1n) is 6.11. The van der Waals surface area contributed by atoms with Crippen LogP contribution in [0.1, 0.15) is 13.8 Å². The van der Waals surface area contributed by atoms with Crippen LogP contribution in [0.3, 0.4) is 0 Å². The molecule has 0 heterocycles. The van der Waals surface area contributed by atoms with E-state index in [-0.39, 0.29) is 18.4 Å². The van der Waals surface area contributed by atoms with Crippen molar-refractivity contribution >= 4 is 5.91 Å². The fraction of sp³-hybridized carbons (Fsp3) is 0.917. The molecule has 0 rings (SSSR count). The van der Waals surface area contributed by atoms with Crippen molar-refractivity contribution in [1.29, 1.82) is 0 Å². The van der Waals surface area contributed by atoms with Crippen molar-refractivity contribution in [3.8, 4) is 0 Å². The Bertz CT molecular complexity index is 208. The Morgan fingerprint density at radius 2 is 1.82 bits per heavy atom. The van der Waals surface area contributed by atoms with Crippen LogP contribution in [-0.2, 0) is 9.53 Å². The van der Waals surface area contributed by atoms with Crippen LogP contribution in [0.15, 0.2) is 0 Å². The summed E-state index contributed by atoms with van der Waals surface area (Å²) in [6.45, 7) is 6.79. The van der Waals surface area contributed by atoms with Crippen LogP contribution in [0.5, 0.6) is 0 Å². The highest BCUT2D eigenvalue weighted by atomic mass is 16.5. The second kappa shape index (κ2) is 9.39. The second-order valence-electron chi connectivity index (χ2n) is 4.62. The lowest BCUT2D eigenvalue weighted by Gasteiger charge is -2.26. The number of nitrogens with zero attached hydrogens (tertiary/aromatic N) is 2. The molecule has 0 saturated heterocycles. The standard InChI is InChI=1S/C12H26N2O3/c1-11(2)12(16)14(6-5-13(3)4)7-9-17-10-8-15/h11,15H,5-10H2,1-4H3. The molecule has 0 aromatic heterocycles. The molecule has 102 valence electrons. The van der Waals surface area contributed by atoms with Crippen LogP contribution in [0, 0.1) is 5.92 Å². The number of aliphatic hydroxyl groups excluding tert-OH is 1. The predicted molar refractivity (Wildman–Crippen MR) is 67.9 cm³/mol. The van der Waals surface area contributed by atoms with E-state index in [0.717, 1.165) is 6.54 Å². The number of carbonyl (C=O) groups is 1. The van der Waals surface area contributed by atoms with E-state index < -0.39 is 0 Å². The highest BCUT2D eigenvalue weighted by Crippen LogP contribution is 2.01. The monoisotopic (exact) mass is 246 g/mol. The van der Waals surface area contributed by atoms with Gasteiger partial charge in [-0.1, -0.05) is 13.8 Å². The maximum atomic E-state index is 11.9. The number of likely N-dealkylation sites (N-methyl/N-ethyl adjacent to an activating group) is 1. The molecule has 0 aliphatic heterocycles. The third-order valence-corrected chi connectivity index (χ3v) is 2.36. The highest BCUT2D eigenvalue weighted by molar-refractivity contribution is 5.78. The summed E-state index contributed by atoms with van der Waals surface area (Å²) in [5.41, 5.74) is 0. The molecule has 0 spiro atoms. The second-order valence-corrected chi connectivity index (χ2v) is 4.62. The highest BCUT2D eigenvalue weighted by Gasteiger charge is 2.16. The quantitative estimate of drug-likeness (QED) is 0.584. The summed E-state index contributed by atoms with van der Waals surface area (Å²) in [5.74, 6) is 0.162. The smallest absolute Gasteiger partial charge is 0.225 e. The third kappa shape index (κ3) is 8.12. The van der Waals surface area contributed by atoms with E-state index in [1.54, 1.807) is 0 Å². The van der Waals surface area contributed by atoms with Gasteiger partial charge in [0.1, 0.15) is 0 Å². The molecule has 0 unspecified atom stereocenters. The largest absolute Gasteiger partial charge is 0.394 e. The molecule has 0 atom stereocenters. The molecule has 0 aromatic rings. The summed E-state index contributed by atoms with van der Waals surface area (Å²) in [6.07, 6.45) is 0. The minimum absolute atomic E-state index is 0.00926. The van der Waals surface area contributed by atoms with Gasteiger partial charge < -0.3 is 19.6 Å². The SMILES string of the molecule is CC(C)C(=O)N(CCOCCO)CCN(C)C. The molecule has 5 nitrogen and oxygen atoms in total. The molecule has 1 amide bonds. The van der Waals surface area contributed by atoms with E-state index in [9.17, 15) is 4.79 Å². The van der Waals surface area contributed by atoms with Gasteiger partial charge in [0.05, 0.1) is 19.8 Å². The number of hydrogen-bond acceptors (Lipinski definition) is 4. The molecule has 0 aliphatic carbocycles. The van der Waals surface area contributed by atoms with Gasteiger partial charge in [-0.25, -0.2) is 0 Å². The summed E-state index contributed by atoms with van der Waals surface area (Å²) in [6, 6.07) is 0. The van der Waals surface area contributed by atoms with Crippen LogP contribution >= 0.6 is 0 Å². The van der Waals surface area contributed by atoms with Crippen molar-refractivity contribution in [2.45, 2.75) is 13.8 Å². The molecule has 0 fully saturated rings. The van der Waals surface area contributed by atoms with Crippen LogP contribution in [0.2, 0.25) is 0 Å². The van der Waals surface area contributed by atoms with Crippen LogP contribution in [-0.4, -0.2) is 74.4 Å². The summed E-state index contributed by atoms with van der Waals surface area (Å²) >= 11 is 0. The predicted octanol–water partition coefficient (Wildman–Crippen LogP) is 0.0415. The number of hydrogen-bond donors (Lipinski definition) is 1. The van der Waals surface area contributed by atoms with Crippen LogP contribution in [0.25, 0.3) is 0 Å². The van der Waals surface area contributed by atoms with Crippen molar-refractivity contribution in [3.63, 3.8) is 0 Å². The summed E-state index contributed by atoms with van der Waals surface area (Å²) in [7, 11) is 3.97. The summed E-state index contributed by atoms with van der Waals surface area (Å²) < 4.78 is 5.19. The summed E-state index contributed by atoms with van der Waals surface area (Å²) in [4.78, 5) is 15.8. The molecule has 17 heavy (non-hydrogen) atoms. The van der Waals surface area contributed by atoms with Gasteiger partial charge in [-0.3, -0.25) is 4.79 Å². The molecular formula is C12H26N2O3. The molecule has 5 heteroatoms. The molecule has 0 radical (unpaired) electrons. The van der Waals surface area contributed by atoms with Crippen LogP contribution < -0.4 is 0 Å². The molecule has 0 aromatic carbocycles. The van der Waals surface area contributed by atoms with Crippen molar-refractivity contribution in [3.05, 3.63) is 0 Å². The van der Waals surface area contributed by atoms with Gasteiger partial charge in [-0.05, 0) is 14.1 Å². The summed E-state index contributed by atoms with van der Waals surface area (Å²) in [5, 5.41) is 8.59. The number of amides is 1. The Morgan fingerprint density at radius 3 is 2.29 bits per heavy atom. The number of rotatable bonds is 9. The molecule has 1 N–H and O–H groups in total. The van der Waals surface area contributed by atoms with Gasteiger partial charge in [-0.15, -0.1) is 0 Å². The average Bonchev–Trinajstić information content (AvgIpc) is 2.26. The Hall–Kier alpha value is -0.650. The topological polar surface area (TPSA) is 53.0 Å². The van der Waals surface area contributed by atoms with E-state index in [4.69, 9.17) is 9.84 Å². The molecule has 0 saturated carbocycles. The maximum absolute atomic E-state index is 11.9. The zero-order valence-electron chi connectivity index (χ0n) is 11.5. The van der Waals surface area contributed by atoms with Crippen molar-refractivity contribution in [2.75, 3.05) is 53.6 Å². The van der Waals surface area contributed by atoms with Gasteiger partial charge >= 0.3 is 0 Å². The van der Waals surface area contributed by atoms with Gasteiger partial charge in [0.15, 0.2) is 0 Å². The first kappa shape index (κ1) is 16.4. The van der Waals surface area contributed by atoms with Gasteiger partial charge in [-0.2, -0.15) is 0 Å². The number of ether oxygens (including phenoxy) is 1. The minimum atomic E-state index is 0.00926. The van der Waals surface area contributed by atoms with Crippen molar-refractivity contribution in [2.24, 2.45) is 5.92 Å². The van der Waals surface area contributed by atoms with Gasteiger partial charge in [0, 0.05) is 25.6 Å². The fourth-order valence-electron chi connectivity index (χ4n) is 1.36. The molecule has 0 aliphatic rings. The zero-order valence-corrected chi connectivity index (χ0v) is 11.5. The van der Waals surface area contributed by atoms with Crippen molar-refractivity contribution in [1.82, 2.24) is 9.80 Å². The normalized spacial score (nSPS) is 11.2. The molecular weight excluding hydrogens is 220 g/mol. The molecule has 0 bridgehead atoms. The number of aliphatic hydroxyl groups is 1. The Balaban J connectivity index is 4.06. The first-order valence-corrected chi connectivity index (χ1v) is 6.11. The van der Waals surface area contributed by atoms with E-state index >= 15 is 0 Å². The van der Waals surface area contributed by atoms with E-state index in [0.29, 0.717) is 26.3 Å². The van der Waals surface area contributed by atoms with Crippen LogP contribution in [0.4, 0.5) is 0 Å². The average molecular weight is 246 g/mol. The Kier molecular flexibility index (Phi) is 9.03. The maximum Gasteiger partial charge on any atom is 0.225 e.